The maximum Gasteiger partial charge on any atom is 0.150 e. The van der Waals surface area contributed by atoms with Crippen molar-refractivity contribution in [2.75, 3.05) is 12.4 Å². The number of rotatable bonds is 3. The Bertz CT molecular complexity index is 717. The molecular formula is C25H33NO. The first-order chi connectivity index (χ1) is 13.2. The SMILES string of the molecule is CC.CC.CNc1ccc(C)cc1.O=Cc1ccc(-c2ccccc2)cc1. The quantitative estimate of drug-likeness (QED) is 0.496. The van der Waals surface area contributed by atoms with Gasteiger partial charge in [0, 0.05) is 18.3 Å². The van der Waals surface area contributed by atoms with Crippen molar-refractivity contribution < 1.29 is 4.79 Å². The summed E-state index contributed by atoms with van der Waals surface area (Å²) in [4.78, 5) is 10.5. The second-order valence-corrected chi connectivity index (χ2v) is 5.22. The van der Waals surface area contributed by atoms with E-state index in [1.165, 1.54) is 16.8 Å². The minimum absolute atomic E-state index is 0.713. The van der Waals surface area contributed by atoms with Gasteiger partial charge in [0.2, 0.25) is 0 Å². The number of hydrogen-bond donors (Lipinski definition) is 1. The van der Waals surface area contributed by atoms with Gasteiger partial charge in [0.25, 0.3) is 0 Å². The minimum atomic E-state index is 0.713. The molecule has 0 aliphatic carbocycles. The van der Waals surface area contributed by atoms with Gasteiger partial charge < -0.3 is 5.32 Å². The molecule has 0 unspecified atom stereocenters. The number of benzene rings is 3. The van der Waals surface area contributed by atoms with Gasteiger partial charge in [-0.2, -0.15) is 0 Å². The Morgan fingerprint density at radius 3 is 1.59 bits per heavy atom. The van der Waals surface area contributed by atoms with Crippen LogP contribution >= 0.6 is 0 Å². The van der Waals surface area contributed by atoms with Gasteiger partial charge in [0.1, 0.15) is 6.29 Å². The summed E-state index contributed by atoms with van der Waals surface area (Å²) < 4.78 is 0. The van der Waals surface area contributed by atoms with Gasteiger partial charge in [-0.05, 0) is 30.2 Å². The van der Waals surface area contributed by atoms with E-state index in [4.69, 9.17) is 0 Å². The van der Waals surface area contributed by atoms with Crippen LogP contribution in [0.2, 0.25) is 0 Å². The van der Waals surface area contributed by atoms with E-state index in [0.29, 0.717) is 5.56 Å². The van der Waals surface area contributed by atoms with E-state index >= 15 is 0 Å². The van der Waals surface area contributed by atoms with Gasteiger partial charge in [-0.3, -0.25) is 4.79 Å². The first-order valence-electron chi connectivity index (χ1n) is 9.58. The predicted molar refractivity (Wildman–Crippen MR) is 121 cm³/mol. The zero-order chi connectivity index (χ0) is 20.5. The summed E-state index contributed by atoms with van der Waals surface area (Å²) in [6.07, 6.45) is 0.856. The third-order valence-electron chi connectivity index (χ3n) is 3.49. The fourth-order valence-corrected chi connectivity index (χ4v) is 2.10. The molecule has 3 aromatic rings. The normalized spacial score (nSPS) is 8.52. The van der Waals surface area contributed by atoms with Gasteiger partial charge in [0.05, 0.1) is 0 Å². The number of carbonyl (C=O) groups excluding carboxylic acids is 1. The molecule has 2 nitrogen and oxygen atoms in total. The molecule has 0 aliphatic rings. The molecule has 0 radical (unpaired) electrons. The molecule has 3 aromatic carbocycles. The van der Waals surface area contributed by atoms with Crippen molar-refractivity contribution in [3.05, 3.63) is 90.0 Å². The maximum atomic E-state index is 10.5. The second kappa shape index (κ2) is 15.4. The molecule has 0 aromatic heterocycles. The van der Waals surface area contributed by atoms with Crippen LogP contribution in [0.5, 0.6) is 0 Å². The summed E-state index contributed by atoms with van der Waals surface area (Å²) in [5.74, 6) is 0. The molecule has 0 bridgehead atoms. The van der Waals surface area contributed by atoms with Gasteiger partial charge in [-0.15, -0.1) is 0 Å². The first-order valence-corrected chi connectivity index (χ1v) is 9.58. The van der Waals surface area contributed by atoms with Crippen molar-refractivity contribution in [3.8, 4) is 11.1 Å². The summed E-state index contributed by atoms with van der Waals surface area (Å²) in [7, 11) is 1.92. The van der Waals surface area contributed by atoms with E-state index in [2.05, 4.69) is 48.6 Å². The Labute approximate surface area is 165 Å². The van der Waals surface area contributed by atoms with E-state index in [0.717, 1.165) is 11.8 Å². The molecule has 0 saturated carbocycles. The Hall–Kier alpha value is -2.87. The van der Waals surface area contributed by atoms with E-state index < -0.39 is 0 Å². The third kappa shape index (κ3) is 9.41. The van der Waals surface area contributed by atoms with Crippen molar-refractivity contribution in [2.24, 2.45) is 0 Å². The zero-order valence-electron chi connectivity index (χ0n) is 17.5. The monoisotopic (exact) mass is 363 g/mol. The van der Waals surface area contributed by atoms with Crippen LogP contribution in [0, 0.1) is 6.92 Å². The highest BCUT2D eigenvalue weighted by Gasteiger charge is 1.95. The highest BCUT2D eigenvalue weighted by molar-refractivity contribution is 5.76. The highest BCUT2D eigenvalue weighted by atomic mass is 16.1. The summed E-state index contributed by atoms with van der Waals surface area (Å²) in [5.41, 5.74) is 5.49. The highest BCUT2D eigenvalue weighted by Crippen LogP contribution is 2.18. The summed E-state index contributed by atoms with van der Waals surface area (Å²) in [6, 6.07) is 26.0. The molecule has 0 atom stereocenters. The maximum absolute atomic E-state index is 10.5. The lowest BCUT2D eigenvalue weighted by Gasteiger charge is -2.00. The molecule has 0 aliphatic heterocycles. The standard InChI is InChI=1S/C13H10O.C8H11N.2C2H6/c14-10-11-6-8-13(9-7-11)12-4-2-1-3-5-12;1-7-3-5-8(9-2)6-4-7;2*1-2/h1-10H;3-6,9H,1-2H3;2*1-2H3. The smallest absolute Gasteiger partial charge is 0.150 e. The lowest BCUT2D eigenvalue weighted by Crippen LogP contribution is -1.85. The van der Waals surface area contributed by atoms with E-state index in [9.17, 15) is 4.79 Å². The van der Waals surface area contributed by atoms with Crippen molar-refractivity contribution in [1.29, 1.82) is 0 Å². The predicted octanol–water partition coefficient (Wildman–Crippen LogP) is 7.26. The van der Waals surface area contributed by atoms with Crippen molar-refractivity contribution in [2.45, 2.75) is 34.6 Å². The molecular weight excluding hydrogens is 330 g/mol. The molecule has 0 heterocycles. The van der Waals surface area contributed by atoms with E-state index in [-0.39, 0.29) is 0 Å². The lowest BCUT2D eigenvalue weighted by atomic mass is 10.0. The fraction of sp³-hybridized carbons (Fsp3) is 0.240. The molecule has 0 amide bonds. The Morgan fingerprint density at radius 1 is 0.667 bits per heavy atom. The third-order valence-corrected chi connectivity index (χ3v) is 3.49. The topological polar surface area (TPSA) is 29.1 Å². The average Bonchev–Trinajstić information content (AvgIpc) is 2.78. The first kappa shape index (κ1) is 24.1. The van der Waals surface area contributed by atoms with Crippen LogP contribution in [-0.2, 0) is 0 Å². The number of aryl methyl sites for hydroxylation is 1. The van der Waals surface area contributed by atoms with Crippen LogP contribution in [0.4, 0.5) is 5.69 Å². The van der Waals surface area contributed by atoms with Gasteiger partial charge in [-0.25, -0.2) is 0 Å². The molecule has 0 fully saturated rings. The molecule has 27 heavy (non-hydrogen) atoms. The molecule has 1 N–H and O–H groups in total. The summed E-state index contributed by atoms with van der Waals surface area (Å²) in [5, 5.41) is 3.05. The summed E-state index contributed by atoms with van der Waals surface area (Å²) >= 11 is 0. The van der Waals surface area contributed by atoms with Crippen LogP contribution in [-0.4, -0.2) is 13.3 Å². The Kier molecular flexibility index (Phi) is 13.8. The minimum Gasteiger partial charge on any atom is -0.388 e. The number of anilines is 1. The molecule has 0 spiro atoms. The molecule has 3 rings (SSSR count). The zero-order valence-corrected chi connectivity index (χ0v) is 17.5. The molecule has 144 valence electrons. The Balaban J connectivity index is 0.000000451. The van der Waals surface area contributed by atoms with Crippen LogP contribution in [0.15, 0.2) is 78.9 Å². The molecule has 2 heteroatoms. The van der Waals surface area contributed by atoms with Crippen LogP contribution < -0.4 is 5.32 Å². The number of nitrogens with one attached hydrogen (secondary N) is 1. The second-order valence-electron chi connectivity index (χ2n) is 5.22. The van der Waals surface area contributed by atoms with Gasteiger partial charge in [0.15, 0.2) is 0 Å². The molecule has 0 saturated heterocycles. The van der Waals surface area contributed by atoms with Crippen molar-refractivity contribution in [1.82, 2.24) is 0 Å². The number of aldehydes is 1. The Morgan fingerprint density at radius 2 is 1.15 bits per heavy atom. The van der Waals surface area contributed by atoms with Crippen LogP contribution in [0.1, 0.15) is 43.6 Å². The summed E-state index contributed by atoms with van der Waals surface area (Å²) in [6.45, 7) is 10.1. The van der Waals surface area contributed by atoms with E-state index in [1.807, 2.05) is 77.2 Å². The lowest BCUT2D eigenvalue weighted by molar-refractivity contribution is 0.112. The average molecular weight is 364 g/mol. The number of hydrogen-bond acceptors (Lipinski definition) is 2. The largest absolute Gasteiger partial charge is 0.388 e. The van der Waals surface area contributed by atoms with Gasteiger partial charge >= 0.3 is 0 Å². The fourth-order valence-electron chi connectivity index (χ4n) is 2.10. The van der Waals surface area contributed by atoms with Crippen molar-refractivity contribution >= 4 is 12.0 Å². The van der Waals surface area contributed by atoms with E-state index in [1.54, 1.807) is 0 Å². The van der Waals surface area contributed by atoms with Crippen LogP contribution in [0.25, 0.3) is 11.1 Å². The number of carbonyl (C=O) groups is 1. The van der Waals surface area contributed by atoms with Gasteiger partial charge in [-0.1, -0.05) is 100.0 Å². The van der Waals surface area contributed by atoms with Crippen LogP contribution in [0.3, 0.4) is 0 Å². The van der Waals surface area contributed by atoms with Crippen molar-refractivity contribution in [3.63, 3.8) is 0 Å².